The van der Waals surface area contributed by atoms with Crippen molar-refractivity contribution in [3.63, 3.8) is 0 Å². The van der Waals surface area contributed by atoms with Crippen LogP contribution in [0.15, 0.2) is 23.3 Å². The first kappa shape index (κ1) is 17.0. The Morgan fingerprint density at radius 3 is 2.70 bits per heavy atom. The van der Waals surface area contributed by atoms with Crippen LogP contribution in [0.5, 0.6) is 5.88 Å². The van der Waals surface area contributed by atoms with E-state index in [4.69, 9.17) is 16.2 Å². The van der Waals surface area contributed by atoms with E-state index < -0.39 is 0 Å². The molecule has 2 rings (SSSR count). The maximum Gasteiger partial charge on any atom is 0.213 e. The molecule has 0 amide bonds. The van der Waals surface area contributed by atoms with E-state index in [1.165, 1.54) is 12.8 Å². The molecule has 1 saturated carbocycles. The fourth-order valence-corrected chi connectivity index (χ4v) is 2.31. The number of halogens is 1. The standard InChI is InChI=1S/C14H22N4O.HI/c1-10-2-4-12(5-3-10)19-13-8-11(6-7-17-13)9-18-14(15)16;/h6-8,10,12H,2-5,9H2,1H3,(H4,15,16,18);1H. The average molecular weight is 390 g/mol. The lowest BCUT2D eigenvalue weighted by molar-refractivity contribution is 0.130. The molecule has 6 heteroatoms. The van der Waals surface area contributed by atoms with Gasteiger partial charge in [0, 0.05) is 12.3 Å². The van der Waals surface area contributed by atoms with Crippen molar-refractivity contribution in [1.29, 1.82) is 0 Å². The molecule has 5 nitrogen and oxygen atoms in total. The molecule has 0 bridgehead atoms. The van der Waals surface area contributed by atoms with Crippen LogP contribution in [0.4, 0.5) is 0 Å². The van der Waals surface area contributed by atoms with Gasteiger partial charge in [0.1, 0.15) is 6.10 Å². The first-order valence-corrected chi connectivity index (χ1v) is 6.80. The number of aromatic nitrogens is 1. The number of aliphatic imine (C=N–C) groups is 1. The van der Waals surface area contributed by atoms with Crippen LogP contribution in [0.25, 0.3) is 0 Å². The molecule has 1 aliphatic rings. The summed E-state index contributed by atoms with van der Waals surface area (Å²) in [4.78, 5) is 8.23. The Bertz CT molecular complexity index is 441. The van der Waals surface area contributed by atoms with Crippen LogP contribution < -0.4 is 16.2 Å². The molecule has 4 N–H and O–H groups in total. The number of ether oxygens (including phenoxy) is 1. The Morgan fingerprint density at radius 2 is 2.05 bits per heavy atom. The monoisotopic (exact) mass is 390 g/mol. The predicted molar refractivity (Wildman–Crippen MR) is 91.2 cm³/mol. The van der Waals surface area contributed by atoms with Crippen LogP contribution in [0.1, 0.15) is 38.2 Å². The number of rotatable bonds is 4. The zero-order valence-corrected chi connectivity index (χ0v) is 14.1. The van der Waals surface area contributed by atoms with Crippen molar-refractivity contribution >= 4 is 29.9 Å². The number of hydrogen-bond acceptors (Lipinski definition) is 3. The fraction of sp³-hybridized carbons (Fsp3) is 0.571. The second-order valence-electron chi connectivity index (χ2n) is 5.24. The van der Waals surface area contributed by atoms with Gasteiger partial charge < -0.3 is 16.2 Å². The summed E-state index contributed by atoms with van der Waals surface area (Å²) in [7, 11) is 0. The summed E-state index contributed by atoms with van der Waals surface area (Å²) in [6.07, 6.45) is 6.72. The highest BCUT2D eigenvalue weighted by atomic mass is 127. The molecular weight excluding hydrogens is 367 g/mol. The SMILES string of the molecule is CC1CCC(Oc2cc(CN=C(N)N)ccn2)CC1.I. The number of guanidine groups is 1. The topological polar surface area (TPSA) is 86.5 Å². The maximum atomic E-state index is 5.93. The number of nitrogens with zero attached hydrogens (tertiary/aromatic N) is 2. The highest BCUT2D eigenvalue weighted by molar-refractivity contribution is 14.0. The molecule has 0 atom stereocenters. The smallest absolute Gasteiger partial charge is 0.213 e. The van der Waals surface area contributed by atoms with E-state index in [0.29, 0.717) is 18.5 Å². The summed E-state index contributed by atoms with van der Waals surface area (Å²) in [6.45, 7) is 2.76. The molecule has 0 aliphatic heterocycles. The zero-order chi connectivity index (χ0) is 13.7. The van der Waals surface area contributed by atoms with Crippen LogP contribution in [0.2, 0.25) is 0 Å². The largest absolute Gasteiger partial charge is 0.474 e. The molecule has 1 fully saturated rings. The van der Waals surface area contributed by atoms with Crippen molar-refractivity contribution in [2.24, 2.45) is 22.4 Å². The fourth-order valence-electron chi connectivity index (χ4n) is 2.31. The highest BCUT2D eigenvalue weighted by Gasteiger charge is 2.19. The summed E-state index contributed by atoms with van der Waals surface area (Å²) < 4.78 is 5.93. The highest BCUT2D eigenvalue weighted by Crippen LogP contribution is 2.26. The summed E-state index contributed by atoms with van der Waals surface area (Å²) in [5.74, 6) is 1.59. The molecule has 1 aromatic heterocycles. The molecule has 0 spiro atoms. The second kappa shape index (κ2) is 8.28. The first-order chi connectivity index (χ1) is 9.13. The quantitative estimate of drug-likeness (QED) is 0.470. The molecule has 0 aromatic carbocycles. The summed E-state index contributed by atoms with van der Waals surface area (Å²) >= 11 is 0. The van der Waals surface area contributed by atoms with Gasteiger partial charge in [-0.15, -0.1) is 24.0 Å². The van der Waals surface area contributed by atoms with E-state index in [-0.39, 0.29) is 29.9 Å². The molecule has 0 unspecified atom stereocenters. The minimum absolute atomic E-state index is 0. The van der Waals surface area contributed by atoms with Crippen LogP contribution in [0.3, 0.4) is 0 Å². The van der Waals surface area contributed by atoms with E-state index in [9.17, 15) is 0 Å². The first-order valence-electron chi connectivity index (χ1n) is 6.80. The van der Waals surface area contributed by atoms with Crippen molar-refractivity contribution in [3.8, 4) is 5.88 Å². The van der Waals surface area contributed by atoms with Gasteiger partial charge in [0.15, 0.2) is 5.96 Å². The Balaban J connectivity index is 0.00000200. The van der Waals surface area contributed by atoms with Gasteiger partial charge >= 0.3 is 0 Å². The van der Waals surface area contributed by atoms with Gasteiger partial charge in [0.2, 0.25) is 5.88 Å². The molecule has 112 valence electrons. The average Bonchev–Trinajstić information content (AvgIpc) is 2.40. The molecule has 0 saturated heterocycles. The number of nitrogens with two attached hydrogens (primary N) is 2. The Kier molecular flexibility index (Phi) is 7.04. The van der Waals surface area contributed by atoms with Gasteiger partial charge in [-0.25, -0.2) is 9.98 Å². The Morgan fingerprint density at radius 1 is 1.35 bits per heavy atom. The van der Waals surface area contributed by atoms with Gasteiger partial charge in [0.05, 0.1) is 6.54 Å². The van der Waals surface area contributed by atoms with E-state index in [1.54, 1.807) is 6.20 Å². The van der Waals surface area contributed by atoms with E-state index in [1.807, 2.05) is 12.1 Å². The minimum Gasteiger partial charge on any atom is -0.474 e. The van der Waals surface area contributed by atoms with Crippen molar-refractivity contribution in [3.05, 3.63) is 23.9 Å². The Hall–Kier alpha value is -1.05. The van der Waals surface area contributed by atoms with Crippen LogP contribution in [0, 0.1) is 5.92 Å². The number of hydrogen-bond donors (Lipinski definition) is 2. The maximum absolute atomic E-state index is 5.93. The van der Waals surface area contributed by atoms with Crippen molar-refractivity contribution in [2.75, 3.05) is 0 Å². The van der Waals surface area contributed by atoms with Gasteiger partial charge in [-0.05, 0) is 43.2 Å². The third-order valence-corrected chi connectivity index (χ3v) is 3.49. The summed E-state index contributed by atoms with van der Waals surface area (Å²) in [5, 5.41) is 0. The predicted octanol–water partition coefficient (Wildman–Crippen LogP) is 2.43. The normalized spacial score (nSPS) is 21.6. The molecule has 1 aliphatic carbocycles. The van der Waals surface area contributed by atoms with Crippen LogP contribution in [-0.4, -0.2) is 17.0 Å². The van der Waals surface area contributed by atoms with Gasteiger partial charge in [0.25, 0.3) is 0 Å². The van der Waals surface area contributed by atoms with E-state index >= 15 is 0 Å². The van der Waals surface area contributed by atoms with Gasteiger partial charge in [-0.2, -0.15) is 0 Å². The molecule has 0 radical (unpaired) electrons. The van der Waals surface area contributed by atoms with Crippen LogP contribution >= 0.6 is 24.0 Å². The van der Waals surface area contributed by atoms with E-state index in [2.05, 4.69) is 16.9 Å². The third kappa shape index (κ3) is 5.52. The van der Waals surface area contributed by atoms with Crippen molar-refractivity contribution < 1.29 is 4.74 Å². The van der Waals surface area contributed by atoms with Crippen molar-refractivity contribution in [1.82, 2.24) is 4.98 Å². The lowest BCUT2D eigenvalue weighted by Gasteiger charge is -2.26. The number of pyridine rings is 1. The molecule has 20 heavy (non-hydrogen) atoms. The summed E-state index contributed by atoms with van der Waals surface area (Å²) in [6, 6.07) is 3.80. The Labute approximate surface area is 137 Å². The van der Waals surface area contributed by atoms with Crippen molar-refractivity contribution in [2.45, 2.75) is 45.3 Å². The lowest BCUT2D eigenvalue weighted by Crippen LogP contribution is -2.23. The third-order valence-electron chi connectivity index (χ3n) is 3.49. The molecule has 1 heterocycles. The second-order valence-corrected chi connectivity index (χ2v) is 5.24. The minimum atomic E-state index is 0. The molecular formula is C14H23IN4O. The van der Waals surface area contributed by atoms with Gasteiger partial charge in [-0.1, -0.05) is 6.92 Å². The zero-order valence-electron chi connectivity index (χ0n) is 11.8. The lowest BCUT2D eigenvalue weighted by atomic mass is 9.89. The van der Waals surface area contributed by atoms with E-state index in [0.717, 1.165) is 24.3 Å². The van der Waals surface area contributed by atoms with Gasteiger partial charge in [-0.3, -0.25) is 0 Å². The molecule has 1 aromatic rings. The van der Waals surface area contributed by atoms with Crippen LogP contribution in [-0.2, 0) is 6.54 Å². The summed E-state index contributed by atoms with van der Waals surface area (Å²) in [5.41, 5.74) is 11.6.